The minimum atomic E-state index is -3.37. The lowest BCUT2D eigenvalue weighted by molar-refractivity contribution is 0.0844. The van der Waals surface area contributed by atoms with Gasteiger partial charge in [-0.25, -0.2) is 12.8 Å². The van der Waals surface area contributed by atoms with E-state index >= 15 is 0 Å². The zero-order chi connectivity index (χ0) is 18.6. The lowest BCUT2D eigenvalue weighted by Crippen LogP contribution is -2.41. The molecule has 2 aromatic carbocycles. The summed E-state index contributed by atoms with van der Waals surface area (Å²) in [5.41, 5.74) is 4.07. The number of sulfone groups is 1. The summed E-state index contributed by atoms with van der Waals surface area (Å²) in [4.78, 5) is 23.9. The molecule has 7 nitrogen and oxygen atoms in total. The van der Waals surface area contributed by atoms with Crippen molar-refractivity contribution in [2.45, 2.75) is 4.90 Å². The normalized spacial score (nSPS) is 10.8. The van der Waals surface area contributed by atoms with Crippen LogP contribution in [0.15, 0.2) is 47.4 Å². The van der Waals surface area contributed by atoms with Gasteiger partial charge < -0.3 is 4.74 Å². The Bertz CT molecular complexity index is 911. The van der Waals surface area contributed by atoms with Crippen LogP contribution in [0.5, 0.6) is 5.75 Å². The smallest absolute Gasteiger partial charge is 0.272 e. The molecule has 0 bridgehead atoms. The first-order valence-electron chi connectivity index (χ1n) is 6.96. The van der Waals surface area contributed by atoms with Gasteiger partial charge in [0.05, 0.1) is 17.6 Å². The second-order valence-electron chi connectivity index (χ2n) is 5.05. The largest absolute Gasteiger partial charge is 0.497 e. The van der Waals surface area contributed by atoms with E-state index in [1.165, 1.54) is 43.5 Å². The molecule has 2 amide bonds. The van der Waals surface area contributed by atoms with Crippen LogP contribution in [0.2, 0.25) is 0 Å². The van der Waals surface area contributed by atoms with Gasteiger partial charge in [-0.15, -0.1) is 0 Å². The van der Waals surface area contributed by atoms with Crippen molar-refractivity contribution in [2.75, 3.05) is 13.4 Å². The van der Waals surface area contributed by atoms with Gasteiger partial charge >= 0.3 is 0 Å². The summed E-state index contributed by atoms with van der Waals surface area (Å²) in [5.74, 6) is -2.07. The van der Waals surface area contributed by atoms with Gasteiger partial charge in [-0.05, 0) is 36.4 Å². The van der Waals surface area contributed by atoms with Gasteiger partial charge in [0.1, 0.15) is 11.6 Å². The molecule has 0 saturated heterocycles. The standard InChI is InChI=1S/C16H15FN2O5S/c1-24-11-5-8-13(14(17)9-11)16(21)19-18-15(20)10-3-6-12(7-4-10)25(2,22)23/h3-9H,1-2H3,(H,18,20)(H,19,21). The predicted octanol–water partition coefficient (Wildman–Crippen LogP) is 1.31. The zero-order valence-corrected chi connectivity index (χ0v) is 14.2. The molecule has 0 aliphatic heterocycles. The van der Waals surface area contributed by atoms with Crippen molar-refractivity contribution in [1.29, 1.82) is 0 Å². The Labute approximate surface area is 143 Å². The Balaban J connectivity index is 2.03. The summed E-state index contributed by atoms with van der Waals surface area (Å²) in [5, 5.41) is 0. The van der Waals surface area contributed by atoms with Gasteiger partial charge in [0.15, 0.2) is 9.84 Å². The number of carbonyl (C=O) groups excluding carboxylic acids is 2. The van der Waals surface area contributed by atoms with Crippen LogP contribution in [-0.2, 0) is 9.84 Å². The topological polar surface area (TPSA) is 102 Å². The first-order valence-corrected chi connectivity index (χ1v) is 8.86. The molecule has 0 radical (unpaired) electrons. The SMILES string of the molecule is COc1ccc(C(=O)NNC(=O)c2ccc(S(C)(=O)=O)cc2)c(F)c1. The van der Waals surface area contributed by atoms with Gasteiger partial charge in [0.2, 0.25) is 0 Å². The maximum atomic E-state index is 13.8. The second-order valence-corrected chi connectivity index (χ2v) is 7.07. The molecule has 0 unspecified atom stereocenters. The minimum absolute atomic E-state index is 0.0633. The van der Waals surface area contributed by atoms with Crippen LogP contribution in [0.25, 0.3) is 0 Å². The van der Waals surface area contributed by atoms with Crippen LogP contribution in [0.1, 0.15) is 20.7 Å². The molecule has 0 aliphatic carbocycles. The van der Waals surface area contributed by atoms with Crippen molar-refractivity contribution in [3.63, 3.8) is 0 Å². The summed E-state index contributed by atoms with van der Waals surface area (Å²) in [6.07, 6.45) is 1.05. The highest BCUT2D eigenvalue weighted by molar-refractivity contribution is 7.90. The van der Waals surface area contributed by atoms with E-state index in [-0.39, 0.29) is 21.8 Å². The Hall–Kier alpha value is -2.94. The molecule has 0 atom stereocenters. The van der Waals surface area contributed by atoms with Crippen LogP contribution in [0.4, 0.5) is 4.39 Å². The van der Waals surface area contributed by atoms with Crippen LogP contribution < -0.4 is 15.6 Å². The van der Waals surface area contributed by atoms with Gasteiger partial charge in [-0.3, -0.25) is 20.4 Å². The summed E-state index contributed by atoms with van der Waals surface area (Å²) in [6, 6.07) is 8.81. The Morgan fingerprint density at radius 1 is 1.00 bits per heavy atom. The van der Waals surface area contributed by atoms with E-state index in [4.69, 9.17) is 4.74 Å². The quantitative estimate of drug-likeness (QED) is 0.795. The van der Waals surface area contributed by atoms with E-state index < -0.39 is 27.5 Å². The van der Waals surface area contributed by atoms with Crippen LogP contribution >= 0.6 is 0 Å². The fourth-order valence-electron chi connectivity index (χ4n) is 1.91. The molecule has 2 aromatic rings. The number of methoxy groups -OCH3 is 1. The summed E-state index contributed by atoms with van der Waals surface area (Å²) in [7, 11) is -2.01. The summed E-state index contributed by atoms with van der Waals surface area (Å²) in [6.45, 7) is 0. The molecule has 0 saturated carbocycles. The van der Waals surface area contributed by atoms with E-state index in [2.05, 4.69) is 10.9 Å². The monoisotopic (exact) mass is 366 g/mol. The highest BCUT2D eigenvalue weighted by Gasteiger charge is 2.14. The Morgan fingerprint density at radius 3 is 2.12 bits per heavy atom. The number of nitrogens with one attached hydrogen (secondary N) is 2. The number of halogens is 1. The molecule has 25 heavy (non-hydrogen) atoms. The van der Waals surface area contributed by atoms with Crippen molar-refractivity contribution in [1.82, 2.24) is 10.9 Å². The molecule has 132 valence electrons. The van der Waals surface area contributed by atoms with Crippen molar-refractivity contribution in [3.8, 4) is 5.75 Å². The number of ether oxygens (including phenoxy) is 1. The van der Waals surface area contributed by atoms with E-state index in [9.17, 15) is 22.4 Å². The number of hydrogen-bond donors (Lipinski definition) is 2. The lowest BCUT2D eigenvalue weighted by atomic mass is 10.2. The molecule has 9 heteroatoms. The van der Waals surface area contributed by atoms with Crippen LogP contribution in [-0.4, -0.2) is 33.6 Å². The molecular weight excluding hydrogens is 351 g/mol. The third-order valence-corrected chi connectivity index (χ3v) is 4.38. The molecule has 2 rings (SSSR count). The van der Waals surface area contributed by atoms with E-state index in [1.807, 2.05) is 0 Å². The average molecular weight is 366 g/mol. The molecule has 2 N–H and O–H groups in total. The molecule has 0 fully saturated rings. The van der Waals surface area contributed by atoms with Gasteiger partial charge in [0.25, 0.3) is 11.8 Å². The summed E-state index contributed by atoms with van der Waals surface area (Å²) >= 11 is 0. The molecule has 0 aromatic heterocycles. The van der Waals surface area contributed by atoms with E-state index in [0.717, 1.165) is 12.3 Å². The van der Waals surface area contributed by atoms with Crippen molar-refractivity contribution in [2.24, 2.45) is 0 Å². The van der Waals surface area contributed by atoms with Crippen molar-refractivity contribution < 1.29 is 27.1 Å². The van der Waals surface area contributed by atoms with Crippen molar-refractivity contribution in [3.05, 3.63) is 59.4 Å². The Kier molecular flexibility index (Phi) is 5.38. The first kappa shape index (κ1) is 18.4. The third-order valence-electron chi connectivity index (χ3n) is 3.26. The number of hydrogen-bond acceptors (Lipinski definition) is 5. The van der Waals surface area contributed by atoms with E-state index in [0.29, 0.717) is 0 Å². The lowest BCUT2D eigenvalue weighted by Gasteiger charge is -2.09. The number of benzene rings is 2. The average Bonchev–Trinajstić information content (AvgIpc) is 2.58. The van der Waals surface area contributed by atoms with Gasteiger partial charge in [0, 0.05) is 17.9 Å². The maximum absolute atomic E-state index is 13.8. The fraction of sp³-hybridized carbons (Fsp3) is 0.125. The predicted molar refractivity (Wildman–Crippen MR) is 87.4 cm³/mol. The van der Waals surface area contributed by atoms with Crippen molar-refractivity contribution >= 4 is 21.7 Å². The second kappa shape index (κ2) is 7.31. The minimum Gasteiger partial charge on any atom is -0.497 e. The maximum Gasteiger partial charge on any atom is 0.272 e. The fourth-order valence-corrected chi connectivity index (χ4v) is 2.54. The number of carbonyl (C=O) groups is 2. The number of rotatable bonds is 4. The Morgan fingerprint density at radius 2 is 1.60 bits per heavy atom. The molecular formula is C16H15FN2O5S. The molecule has 0 aliphatic rings. The number of hydrazine groups is 1. The number of amides is 2. The van der Waals surface area contributed by atoms with E-state index in [1.54, 1.807) is 0 Å². The van der Waals surface area contributed by atoms with Crippen LogP contribution in [0.3, 0.4) is 0 Å². The highest BCUT2D eigenvalue weighted by atomic mass is 32.2. The first-order chi connectivity index (χ1) is 11.7. The zero-order valence-electron chi connectivity index (χ0n) is 13.4. The highest BCUT2D eigenvalue weighted by Crippen LogP contribution is 2.16. The van der Waals surface area contributed by atoms with Gasteiger partial charge in [-0.2, -0.15) is 0 Å². The summed E-state index contributed by atoms with van der Waals surface area (Å²) < 4.78 is 41.3. The molecule has 0 spiro atoms. The van der Waals surface area contributed by atoms with Crippen LogP contribution in [0, 0.1) is 5.82 Å². The third kappa shape index (κ3) is 4.54. The van der Waals surface area contributed by atoms with Gasteiger partial charge in [-0.1, -0.05) is 0 Å². The molecule has 0 heterocycles.